The number of benzene rings is 9. The molecular formula is C52H33NO2. The van der Waals surface area contributed by atoms with Crippen molar-refractivity contribution < 1.29 is 8.83 Å². The summed E-state index contributed by atoms with van der Waals surface area (Å²) in [6, 6.07) is 70.8. The maximum Gasteiger partial charge on any atom is 0.159 e. The van der Waals surface area contributed by atoms with Crippen LogP contribution in [0.1, 0.15) is 0 Å². The van der Waals surface area contributed by atoms with E-state index in [1.165, 1.54) is 22.1 Å². The van der Waals surface area contributed by atoms with Gasteiger partial charge in [-0.2, -0.15) is 0 Å². The van der Waals surface area contributed by atoms with Crippen LogP contribution in [-0.4, -0.2) is 0 Å². The smallest absolute Gasteiger partial charge is 0.159 e. The molecule has 0 aliphatic heterocycles. The topological polar surface area (TPSA) is 29.5 Å². The minimum absolute atomic E-state index is 0.857. The van der Waals surface area contributed by atoms with Gasteiger partial charge in [-0.1, -0.05) is 152 Å². The van der Waals surface area contributed by atoms with E-state index in [0.717, 1.165) is 83.0 Å². The zero-order valence-corrected chi connectivity index (χ0v) is 29.8. The fourth-order valence-corrected chi connectivity index (χ4v) is 8.21. The van der Waals surface area contributed by atoms with Crippen molar-refractivity contribution in [3.05, 3.63) is 200 Å². The van der Waals surface area contributed by atoms with Crippen LogP contribution >= 0.6 is 0 Å². The maximum absolute atomic E-state index is 6.60. The van der Waals surface area contributed by atoms with Crippen molar-refractivity contribution in [2.45, 2.75) is 0 Å². The highest BCUT2D eigenvalue weighted by Crippen LogP contribution is 2.44. The van der Waals surface area contributed by atoms with E-state index in [2.05, 4.69) is 193 Å². The molecule has 258 valence electrons. The normalized spacial score (nSPS) is 11.6. The first-order chi connectivity index (χ1) is 27.3. The third-order valence-corrected chi connectivity index (χ3v) is 10.9. The van der Waals surface area contributed by atoms with Crippen LogP contribution in [0, 0.1) is 0 Å². The second kappa shape index (κ2) is 12.6. The summed E-state index contributed by atoms with van der Waals surface area (Å²) in [6.45, 7) is 0. The van der Waals surface area contributed by atoms with Crippen LogP contribution in [-0.2, 0) is 0 Å². The lowest BCUT2D eigenvalue weighted by Gasteiger charge is -2.26. The van der Waals surface area contributed by atoms with Gasteiger partial charge in [0.1, 0.15) is 16.7 Å². The van der Waals surface area contributed by atoms with Crippen molar-refractivity contribution in [2.75, 3.05) is 4.90 Å². The van der Waals surface area contributed by atoms with E-state index in [0.29, 0.717) is 0 Å². The average Bonchev–Trinajstić information content (AvgIpc) is 3.84. The third kappa shape index (κ3) is 5.20. The summed E-state index contributed by atoms with van der Waals surface area (Å²) >= 11 is 0. The predicted molar refractivity (Wildman–Crippen MR) is 229 cm³/mol. The first kappa shape index (κ1) is 31.2. The molecule has 11 rings (SSSR count). The number of furan rings is 2. The van der Waals surface area contributed by atoms with Gasteiger partial charge in [-0.05, 0) is 87.3 Å². The van der Waals surface area contributed by atoms with Crippen molar-refractivity contribution >= 4 is 71.7 Å². The molecule has 2 heterocycles. The van der Waals surface area contributed by atoms with Crippen LogP contribution in [0.4, 0.5) is 17.1 Å². The van der Waals surface area contributed by atoms with Gasteiger partial charge < -0.3 is 13.7 Å². The van der Waals surface area contributed by atoms with E-state index in [4.69, 9.17) is 8.83 Å². The SMILES string of the molecule is c1ccc(-c2ccc(-c3ccc(N(c4ccc(-c5cccc6oc7c8ccccc8ccc7c56)cc4)c4cccc5c4oc4ccccc45)cc3)cc2)cc1. The first-order valence-electron chi connectivity index (χ1n) is 18.7. The molecule has 3 heteroatoms. The summed E-state index contributed by atoms with van der Waals surface area (Å²) in [7, 11) is 0. The number of anilines is 3. The van der Waals surface area contributed by atoms with E-state index in [9.17, 15) is 0 Å². The number of rotatable bonds is 6. The van der Waals surface area contributed by atoms with Crippen LogP contribution in [0.3, 0.4) is 0 Å². The molecule has 0 aliphatic rings. The number of fused-ring (bicyclic) bond motifs is 8. The van der Waals surface area contributed by atoms with E-state index >= 15 is 0 Å². The fourth-order valence-electron chi connectivity index (χ4n) is 8.21. The molecule has 0 amide bonds. The van der Waals surface area contributed by atoms with Gasteiger partial charge in [-0.15, -0.1) is 0 Å². The quantitative estimate of drug-likeness (QED) is 0.173. The number of para-hydroxylation sites is 2. The summed E-state index contributed by atoms with van der Waals surface area (Å²) in [4.78, 5) is 2.30. The van der Waals surface area contributed by atoms with Gasteiger partial charge in [0.2, 0.25) is 0 Å². The number of nitrogens with zero attached hydrogens (tertiary/aromatic N) is 1. The molecule has 0 unspecified atom stereocenters. The van der Waals surface area contributed by atoms with Gasteiger partial charge in [-0.25, -0.2) is 0 Å². The fraction of sp³-hybridized carbons (Fsp3) is 0. The highest BCUT2D eigenvalue weighted by Gasteiger charge is 2.20. The highest BCUT2D eigenvalue weighted by molar-refractivity contribution is 6.19. The van der Waals surface area contributed by atoms with Gasteiger partial charge >= 0.3 is 0 Å². The average molecular weight is 704 g/mol. The molecule has 0 bridgehead atoms. The van der Waals surface area contributed by atoms with Crippen LogP contribution in [0.25, 0.3) is 88.0 Å². The number of hydrogen-bond acceptors (Lipinski definition) is 3. The lowest BCUT2D eigenvalue weighted by Crippen LogP contribution is -2.10. The zero-order chi connectivity index (χ0) is 36.3. The van der Waals surface area contributed by atoms with E-state index < -0.39 is 0 Å². The van der Waals surface area contributed by atoms with Crippen molar-refractivity contribution in [3.63, 3.8) is 0 Å². The van der Waals surface area contributed by atoms with Crippen molar-refractivity contribution in [1.29, 1.82) is 0 Å². The van der Waals surface area contributed by atoms with Gasteiger partial charge in [0.05, 0.1) is 5.69 Å². The Labute approximate surface area is 317 Å². The van der Waals surface area contributed by atoms with Gasteiger partial charge in [0.25, 0.3) is 0 Å². The summed E-state index contributed by atoms with van der Waals surface area (Å²) < 4.78 is 13.1. The zero-order valence-electron chi connectivity index (χ0n) is 29.8. The monoisotopic (exact) mass is 703 g/mol. The van der Waals surface area contributed by atoms with E-state index in [-0.39, 0.29) is 0 Å². The minimum Gasteiger partial charge on any atom is -0.455 e. The Morgan fingerprint density at radius 2 is 0.855 bits per heavy atom. The molecule has 0 fully saturated rings. The Morgan fingerprint density at radius 3 is 1.60 bits per heavy atom. The van der Waals surface area contributed by atoms with E-state index in [1.54, 1.807) is 0 Å². The summed E-state index contributed by atoms with van der Waals surface area (Å²) in [6.07, 6.45) is 0. The van der Waals surface area contributed by atoms with Gasteiger partial charge in [-0.3, -0.25) is 0 Å². The van der Waals surface area contributed by atoms with Crippen LogP contribution in [0.2, 0.25) is 0 Å². The Bertz CT molecular complexity index is 3170. The molecule has 55 heavy (non-hydrogen) atoms. The van der Waals surface area contributed by atoms with E-state index in [1.807, 2.05) is 12.1 Å². The molecule has 0 atom stereocenters. The lowest BCUT2D eigenvalue weighted by atomic mass is 9.98. The Hall–Kier alpha value is -7.36. The predicted octanol–water partition coefficient (Wildman–Crippen LogP) is 15.1. The lowest BCUT2D eigenvalue weighted by molar-refractivity contribution is 0.669. The standard InChI is InChI=1S/C52H33NO2/c1-2-10-34(11-3-1)35-20-22-36(23-21-35)37-24-29-40(30-25-37)53(47-17-8-16-45-44-14-6-7-18-48(44)54-52(45)47)41-31-26-39(27-32-41)42-15-9-19-49-50(42)46-33-28-38-12-4-5-13-43(38)51(46)55-49/h1-33H. The molecule has 3 nitrogen and oxygen atoms in total. The maximum atomic E-state index is 6.60. The van der Waals surface area contributed by atoms with Crippen molar-refractivity contribution in [1.82, 2.24) is 0 Å². The first-order valence-corrected chi connectivity index (χ1v) is 18.7. The summed E-state index contributed by atoms with van der Waals surface area (Å²) in [5.74, 6) is 0. The molecular weight excluding hydrogens is 671 g/mol. The van der Waals surface area contributed by atoms with Gasteiger partial charge in [0, 0.05) is 38.3 Å². The summed E-state index contributed by atoms with van der Waals surface area (Å²) in [5, 5.41) is 6.76. The Balaban J connectivity index is 1.02. The van der Waals surface area contributed by atoms with Crippen LogP contribution in [0.15, 0.2) is 209 Å². The second-order valence-electron chi connectivity index (χ2n) is 14.1. The molecule has 11 aromatic rings. The molecule has 0 saturated heterocycles. The number of hydrogen-bond donors (Lipinski definition) is 0. The molecule has 0 saturated carbocycles. The minimum atomic E-state index is 0.857. The summed E-state index contributed by atoms with van der Waals surface area (Å²) in [5.41, 5.74) is 13.6. The molecule has 0 aliphatic carbocycles. The Kier molecular flexibility index (Phi) is 7.17. The molecule has 0 N–H and O–H groups in total. The van der Waals surface area contributed by atoms with Crippen molar-refractivity contribution in [3.8, 4) is 33.4 Å². The molecule has 0 radical (unpaired) electrons. The Morgan fingerprint density at radius 1 is 0.309 bits per heavy atom. The van der Waals surface area contributed by atoms with Crippen LogP contribution < -0.4 is 4.90 Å². The van der Waals surface area contributed by atoms with Gasteiger partial charge in [0.15, 0.2) is 5.58 Å². The third-order valence-electron chi connectivity index (χ3n) is 10.9. The second-order valence-corrected chi connectivity index (χ2v) is 14.1. The largest absolute Gasteiger partial charge is 0.455 e. The van der Waals surface area contributed by atoms with Crippen LogP contribution in [0.5, 0.6) is 0 Å². The molecule has 0 spiro atoms. The molecule has 2 aromatic heterocycles. The van der Waals surface area contributed by atoms with Crippen molar-refractivity contribution in [2.24, 2.45) is 0 Å². The highest BCUT2D eigenvalue weighted by atomic mass is 16.3. The molecule has 9 aromatic carbocycles.